The van der Waals surface area contributed by atoms with Crippen LogP contribution >= 0.6 is 0 Å². The molecule has 0 aromatic rings. The number of carbonyl (C=O) groups excluding carboxylic acids is 1. The fourth-order valence-corrected chi connectivity index (χ4v) is 5.58. The first kappa shape index (κ1) is 17.3. The largest absolute Gasteiger partial charge is 0.390 e. The number of urea groups is 1. The van der Waals surface area contributed by atoms with Crippen molar-refractivity contribution in [2.24, 2.45) is 10.4 Å². The van der Waals surface area contributed by atoms with Gasteiger partial charge in [-0.05, 0) is 51.4 Å². The van der Waals surface area contributed by atoms with Crippen molar-refractivity contribution in [3.8, 4) is 0 Å². The number of hydrogen-bond donors (Lipinski definition) is 3. The van der Waals surface area contributed by atoms with Gasteiger partial charge >= 0.3 is 6.03 Å². The van der Waals surface area contributed by atoms with E-state index in [1.807, 2.05) is 9.80 Å². The summed E-state index contributed by atoms with van der Waals surface area (Å²) in [6.45, 7) is 5.72. The molecule has 3 heterocycles. The van der Waals surface area contributed by atoms with Crippen LogP contribution in [-0.2, 0) is 0 Å². The fourth-order valence-electron chi connectivity index (χ4n) is 5.58. The van der Waals surface area contributed by atoms with Crippen LogP contribution in [0, 0.1) is 5.41 Å². The second-order valence-electron chi connectivity index (χ2n) is 9.08. The van der Waals surface area contributed by atoms with Crippen LogP contribution in [0.15, 0.2) is 16.5 Å². The number of amidine groups is 1. The van der Waals surface area contributed by atoms with Crippen molar-refractivity contribution >= 4 is 11.9 Å². The van der Waals surface area contributed by atoms with Gasteiger partial charge in [-0.15, -0.1) is 0 Å². The zero-order chi connectivity index (χ0) is 18.8. The Labute approximate surface area is 160 Å². The van der Waals surface area contributed by atoms with Crippen LogP contribution < -0.4 is 10.6 Å². The van der Waals surface area contributed by atoms with Crippen LogP contribution in [-0.4, -0.2) is 57.7 Å². The average Bonchev–Trinajstić information content (AvgIpc) is 3.31. The van der Waals surface area contributed by atoms with Gasteiger partial charge in [0, 0.05) is 24.5 Å². The highest BCUT2D eigenvalue weighted by atomic mass is 16.3. The molecule has 0 spiro atoms. The lowest BCUT2D eigenvalue weighted by Crippen LogP contribution is -2.54. The molecule has 2 amide bonds. The minimum Gasteiger partial charge on any atom is -0.390 e. The van der Waals surface area contributed by atoms with E-state index in [0.717, 1.165) is 81.8 Å². The second kappa shape index (κ2) is 5.87. The van der Waals surface area contributed by atoms with Gasteiger partial charge in [-0.25, -0.2) is 9.79 Å². The van der Waals surface area contributed by atoms with E-state index in [0.29, 0.717) is 6.04 Å². The summed E-state index contributed by atoms with van der Waals surface area (Å²) in [5.41, 5.74) is 0.650. The summed E-state index contributed by atoms with van der Waals surface area (Å²) in [7, 11) is 0. The Balaban J connectivity index is 1.50. The fraction of sp³-hybridized carbons (Fsp3) is 0.800. The molecule has 3 N–H and O–H groups in total. The Kier molecular flexibility index (Phi) is 3.77. The van der Waals surface area contributed by atoms with Gasteiger partial charge in [-0.3, -0.25) is 9.80 Å². The number of aliphatic hydroxyl groups is 1. The van der Waals surface area contributed by atoms with E-state index in [-0.39, 0.29) is 17.6 Å². The highest BCUT2D eigenvalue weighted by Crippen LogP contribution is 2.53. The first-order valence-electron chi connectivity index (χ1n) is 10.7. The molecule has 3 saturated carbocycles. The third-order valence-corrected chi connectivity index (χ3v) is 7.47. The number of nitrogens with one attached hydrogen (secondary N) is 2. The molecule has 0 aromatic heterocycles. The predicted molar refractivity (Wildman–Crippen MR) is 103 cm³/mol. The lowest BCUT2D eigenvalue weighted by atomic mass is 9.58. The second-order valence-corrected chi connectivity index (χ2v) is 9.08. The maximum absolute atomic E-state index is 13.1. The topological polar surface area (TPSA) is 80.2 Å². The molecule has 3 aliphatic heterocycles. The summed E-state index contributed by atoms with van der Waals surface area (Å²) in [5, 5.41) is 17.8. The van der Waals surface area contributed by atoms with Gasteiger partial charge in [-0.2, -0.15) is 0 Å². The van der Waals surface area contributed by atoms with Crippen molar-refractivity contribution in [3.05, 3.63) is 11.5 Å². The van der Waals surface area contributed by atoms with Crippen molar-refractivity contribution in [1.82, 2.24) is 20.4 Å². The van der Waals surface area contributed by atoms with Gasteiger partial charge in [0.15, 0.2) is 6.17 Å². The van der Waals surface area contributed by atoms with Gasteiger partial charge in [0.25, 0.3) is 0 Å². The number of carbonyl (C=O) groups is 1. The molecule has 6 rings (SSSR count). The highest BCUT2D eigenvalue weighted by Gasteiger charge is 2.54. The van der Waals surface area contributed by atoms with Crippen molar-refractivity contribution in [2.45, 2.75) is 83.0 Å². The van der Waals surface area contributed by atoms with E-state index in [1.54, 1.807) is 0 Å². The molecular weight excluding hydrogens is 342 g/mol. The number of rotatable bonds is 4. The van der Waals surface area contributed by atoms with Crippen molar-refractivity contribution in [1.29, 1.82) is 0 Å². The van der Waals surface area contributed by atoms with Gasteiger partial charge in [0.05, 0.1) is 5.60 Å². The summed E-state index contributed by atoms with van der Waals surface area (Å²) >= 11 is 0. The zero-order valence-corrected chi connectivity index (χ0v) is 16.4. The Morgan fingerprint density at radius 1 is 1.19 bits per heavy atom. The molecule has 2 atom stereocenters. The van der Waals surface area contributed by atoms with Crippen LogP contribution in [0.4, 0.5) is 4.79 Å². The molecule has 7 nitrogen and oxygen atoms in total. The van der Waals surface area contributed by atoms with E-state index < -0.39 is 5.60 Å². The standard InChI is InChI=1S/C20H31N5O2/c1-3-11-24-16-14(15-21-13(4-2)12-25(15)18(24)26)22-17(23-16)19-5-8-20(27,9-6-19)10-7-19/h13,16,21,27H,3-12H2,1-2H3,(H,22,23)/t13-,16?,19?,20?/m0/s1. The molecule has 1 unspecified atom stereocenters. The molecule has 1 saturated heterocycles. The average molecular weight is 374 g/mol. The minimum atomic E-state index is -0.446. The van der Waals surface area contributed by atoms with Crippen LogP contribution in [0.2, 0.25) is 0 Å². The molecule has 0 aromatic carbocycles. The third-order valence-electron chi connectivity index (χ3n) is 7.47. The Hall–Kier alpha value is -1.76. The zero-order valence-electron chi connectivity index (χ0n) is 16.4. The lowest BCUT2D eigenvalue weighted by Gasteiger charge is -2.50. The molecule has 148 valence electrons. The van der Waals surface area contributed by atoms with Crippen molar-refractivity contribution in [3.63, 3.8) is 0 Å². The van der Waals surface area contributed by atoms with E-state index in [2.05, 4.69) is 24.5 Å². The Bertz CT molecular complexity index is 705. The van der Waals surface area contributed by atoms with Gasteiger partial charge in [0.2, 0.25) is 0 Å². The van der Waals surface area contributed by atoms with Crippen LogP contribution in [0.5, 0.6) is 0 Å². The predicted octanol–water partition coefficient (Wildman–Crippen LogP) is 2.10. The summed E-state index contributed by atoms with van der Waals surface area (Å²) in [6, 6.07) is 0.386. The number of nitrogens with zero attached hydrogens (tertiary/aromatic N) is 3. The Morgan fingerprint density at radius 3 is 2.52 bits per heavy atom. The van der Waals surface area contributed by atoms with Crippen LogP contribution in [0.3, 0.4) is 0 Å². The summed E-state index contributed by atoms with van der Waals surface area (Å²) in [6.07, 6.45) is 7.25. The minimum absolute atomic E-state index is 0.0455. The third kappa shape index (κ3) is 2.43. The molecule has 27 heavy (non-hydrogen) atoms. The van der Waals surface area contributed by atoms with E-state index in [9.17, 15) is 9.90 Å². The maximum Gasteiger partial charge on any atom is 0.327 e. The molecule has 6 aliphatic rings. The van der Waals surface area contributed by atoms with E-state index >= 15 is 0 Å². The summed E-state index contributed by atoms with van der Waals surface area (Å²) in [5.74, 6) is 1.98. The van der Waals surface area contributed by atoms with Gasteiger partial charge in [-0.1, -0.05) is 13.8 Å². The molecule has 3 aliphatic carbocycles. The van der Waals surface area contributed by atoms with Crippen molar-refractivity contribution in [2.75, 3.05) is 13.1 Å². The number of aliphatic imine (C=N–C) groups is 1. The molecule has 4 fully saturated rings. The number of fused-ring (bicyclic) bond motifs is 5. The van der Waals surface area contributed by atoms with E-state index in [1.165, 1.54) is 0 Å². The molecule has 7 heteroatoms. The first-order chi connectivity index (χ1) is 13.0. The monoisotopic (exact) mass is 373 g/mol. The van der Waals surface area contributed by atoms with Gasteiger partial charge in [0.1, 0.15) is 17.4 Å². The molecular formula is C20H31N5O2. The Morgan fingerprint density at radius 2 is 1.89 bits per heavy atom. The summed E-state index contributed by atoms with van der Waals surface area (Å²) in [4.78, 5) is 22.1. The highest BCUT2D eigenvalue weighted by molar-refractivity contribution is 5.94. The van der Waals surface area contributed by atoms with E-state index in [4.69, 9.17) is 4.99 Å². The lowest BCUT2D eigenvalue weighted by molar-refractivity contribution is -0.0705. The first-order valence-corrected chi connectivity index (χ1v) is 10.7. The normalized spacial score (nSPS) is 40.0. The molecule has 2 bridgehead atoms. The SMILES string of the molecule is CCCN1C(=O)N2C[C@H](CC)NC2=C2NC(C34CCC(O)(CC3)CC4)=NC21. The van der Waals surface area contributed by atoms with Crippen LogP contribution in [0.1, 0.15) is 65.2 Å². The smallest absolute Gasteiger partial charge is 0.327 e. The van der Waals surface area contributed by atoms with Crippen molar-refractivity contribution < 1.29 is 9.90 Å². The maximum atomic E-state index is 13.1. The number of hydrogen-bond acceptors (Lipinski definition) is 5. The molecule has 0 radical (unpaired) electrons. The van der Waals surface area contributed by atoms with Crippen LogP contribution in [0.25, 0.3) is 0 Å². The van der Waals surface area contributed by atoms with Gasteiger partial charge < -0.3 is 15.7 Å². The summed E-state index contributed by atoms with van der Waals surface area (Å²) < 4.78 is 0. The number of amides is 2. The quantitative estimate of drug-likeness (QED) is 0.705.